The zero-order chi connectivity index (χ0) is 34.6. The number of benzene rings is 2. The van der Waals surface area contributed by atoms with E-state index in [4.69, 9.17) is 0 Å². The van der Waals surface area contributed by atoms with Gasteiger partial charge in [-0.1, -0.05) is 48.5 Å². The number of alkyl halides is 3. The summed E-state index contributed by atoms with van der Waals surface area (Å²) in [6.45, 7) is 4.09. The van der Waals surface area contributed by atoms with Crippen molar-refractivity contribution in [3.8, 4) is 0 Å². The molecule has 14 heteroatoms. The van der Waals surface area contributed by atoms with Crippen LogP contribution in [0.1, 0.15) is 80.2 Å². The SMILES string of the molecule is Cc1csc(C2CCCN2C(=O)c2cc(C(=O)NC(C)C(O)C(NCc3cccc(C(F)(F)F)c3)c3ccccc3)nc(N(C)C)n2)n1. The van der Waals surface area contributed by atoms with E-state index in [-0.39, 0.29) is 35.8 Å². The third kappa shape index (κ3) is 8.17. The van der Waals surface area contributed by atoms with Crippen molar-refractivity contribution in [2.24, 2.45) is 0 Å². The Morgan fingerprint density at radius 2 is 1.79 bits per heavy atom. The summed E-state index contributed by atoms with van der Waals surface area (Å²) in [6, 6.07) is 13.5. The first kappa shape index (κ1) is 34.9. The Bertz CT molecular complexity index is 1730. The van der Waals surface area contributed by atoms with Crippen molar-refractivity contribution in [1.82, 2.24) is 30.5 Å². The van der Waals surface area contributed by atoms with Gasteiger partial charge in [-0.15, -0.1) is 11.3 Å². The van der Waals surface area contributed by atoms with Gasteiger partial charge in [0.25, 0.3) is 11.8 Å². The molecule has 48 heavy (non-hydrogen) atoms. The topological polar surface area (TPSA) is 124 Å². The van der Waals surface area contributed by atoms with Crippen LogP contribution in [0.3, 0.4) is 0 Å². The normalized spacial score (nSPS) is 16.8. The summed E-state index contributed by atoms with van der Waals surface area (Å²) >= 11 is 1.51. The molecule has 3 N–H and O–H groups in total. The number of anilines is 1. The molecular weight excluding hydrogens is 643 g/mol. The fourth-order valence-corrected chi connectivity index (χ4v) is 6.58. The molecule has 0 aliphatic carbocycles. The Morgan fingerprint density at radius 1 is 1.06 bits per heavy atom. The van der Waals surface area contributed by atoms with Crippen molar-refractivity contribution in [2.75, 3.05) is 25.5 Å². The number of hydrogen-bond donors (Lipinski definition) is 3. The van der Waals surface area contributed by atoms with E-state index in [1.165, 1.54) is 23.5 Å². The number of hydrogen-bond acceptors (Lipinski definition) is 9. The number of nitrogens with zero attached hydrogens (tertiary/aromatic N) is 5. The number of aryl methyl sites for hydroxylation is 1. The summed E-state index contributed by atoms with van der Waals surface area (Å²) in [7, 11) is 3.41. The van der Waals surface area contributed by atoms with Crippen molar-refractivity contribution < 1.29 is 27.9 Å². The van der Waals surface area contributed by atoms with Crippen LogP contribution in [-0.4, -0.2) is 69.6 Å². The maximum Gasteiger partial charge on any atom is 0.416 e. The molecule has 1 aliphatic rings. The minimum Gasteiger partial charge on any atom is -0.389 e. The lowest BCUT2D eigenvalue weighted by molar-refractivity contribution is -0.137. The molecule has 4 unspecified atom stereocenters. The molecule has 5 rings (SSSR count). The number of aromatic nitrogens is 3. The molecule has 4 atom stereocenters. The number of aliphatic hydroxyl groups is 1. The summed E-state index contributed by atoms with van der Waals surface area (Å²) in [5, 5.41) is 20.3. The van der Waals surface area contributed by atoms with Gasteiger partial charge < -0.3 is 25.5 Å². The minimum absolute atomic E-state index is 0.0306. The van der Waals surface area contributed by atoms with Crippen LogP contribution in [0.5, 0.6) is 0 Å². The number of carbonyl (C=O) groups is 2. The minimum atomic E-state index is -4.48. The molecule has 4 aromatic rings. The fraction of sp³-hybridized carbons (Fsp3) is 0.382. The monoisotopic (exact) mass is 681 g/mol. The molecule has 10 nitrogen and oxygen atoms in total. The lowest BCUT2D eigenvalue weighted by atomic mass is 9.96. The van der Waals surface area contributed by atoms with Crippen LogP contribution in [0, 0.1) is 6.92 Å². The van der Waals surface area contributed by atoms with E-state index in [0.717, 1.165) is 35.7 Å². The maximum atomic E-state index is 13.8. The van der Waals surface area contributed by atoms with E-state index in [1.54, 1.807) is 61.2 Å². The van der Waals surface area contributed by atoms with Crippen LogP contribution in [0.15, 0.2) is 66.0 Å². The van der Waals surface area contributed by atoms with Gasteiger partial charge in [0.05, 0.1) is 29.8 Å². The number of thiazole rings is 1. The van der Waals surface area contributed by atoms with Crippen molar-refractivity contribution in [3.05, 3.63) is 105 Å². The van der Waals surface area contributed by atoms with Crippen LogP contribution in [-0.2, 0) is 12.7 Å². The summed E-state index contributed by atoms with van der Waals surface area (Å²) < 4.78 is 39.9. The number of rotatable bonds is 11. The van der Waals surface area contributed by atoms with Crippen LogP contribution in [0.4, 0.5) is 19.1 Å². The largest absolute Gasteiger partial charge is 0.416 e. The lowest BCUT2D eigenvalue weighted by Crippen LogP contribution is -2.47. The summed E-state index contributed by atoms with van der Waals surface area (Å²) in [4.78, 5) is 44.1. The molecule has 2 aromatic heterocycles. The third-order valence-corrected chi connectivity index (χ3v) is 9.22. The van der Waals surface area contributed by atoms with Gasteiger partial charge in [0.2, 0.25) is 5.95 Å². The Labute approximate surface area is 281 Å². The molecule has 2 amide bonds. The van der Waals surface area contributed by atoms with E-state index in [9.17, 15) is 27.9 Å². The Hall–Kier alpha value is -4.40. The van der Waals surface area contributed by atoms with Gasteiger partial charge in [0, 0.05) is 44.3 Å². The Kier molecular flexibility index (Phi) is 10.8. The van der Waals surface area contributed by atoms with Crippen LogP contribution < -0.4 is 15.5 Å². The van der Waals surface area contributed by atoms with Gasteiger partial charge in [0.1, 0.15) is 16.4 Å². The third-order valence-electron chi connectivity index (χ3n) is 8.15. The highest BCUT2D eigenvalue weighted by molar-refractivity contribution is 7.09. The number of likely N-dealkylation sites (tertiary alicyclic amines) is 1. The van der Waals surface area contributed by atoms with E-state index < -0.39 is 35.8 Å². The summed E-state index contributed by atoms with van der Waals surface area (Å²) in [6.07, 6.45) is -4.10. The van der Waals surface area contributed by atoms with Gasteiger partial charge in [-0.2, -0.15) is 13.2 Å². The summed E-state index contributed by atoms with van der Waals surface area (Å²) in [5.41, 5.74) is 1.20. The summed E-state index contributed by atoms with van der Waals surface area (Å²) in [5.74, 6) is -0.787. The number of halogens is 3. The highest BCUT2D eigenvalue weighted by atomic mass is 32.1. The first-order valence-electron chi connectivity index (χ1n) is 15.5. The van der Waals surface area contributed by atoms with Crippen molar-refractivity contribution in [2.45, 2.75) is 63.6 Å². The highest BCUT2D eigenvalue weighted by Crippen LogP contribution is 2.35. The second kappa shape index (κ2) is 14.8. The van der Waals surface area contributed by atoms with E-state index in [2.05, 4.69) is 25.6 Å². The first-order chi connectivity index (χ1) is 22.8. The Balaban J connectivity index is 1.34. The number of carbonyl (C=O) groups excluding carboxylic acids is 2. The van der Waals surface area contributed by atoms with E-state index >= 15 is 0 Å². The lowest BCUT2D eigenvalue weighted by Gasteiger charge is -2.30. The zero-order valence-electron chi connectivity index (χ0n) is 27.0. The standard InChI is InChI=1S/C34H38F3N7O3S/c1-20-19-48-31(39-20)27-14-9-15-44(27)32(47)26-17-25(41-33(42-26)43(3)4)30(46)40-21(2)29(45)28(23-11-6-5-7-12-23)38-18-22-10-8-13-24(16-22)34(35,36)37/h5-8,10-13,16-17,19,21,27-29,38,45H,9,14-15,18H2,1-4H3,(H,40,46). The van der Waals surface area contributed by atoms with Gasteiger partial charge in [-0.05, 0) is 43.9 Å². The second-order valence-electron chi connectivity index (χ2n) is 12.0. The molecule has 0 spiro atoms. The Morgan fingerprint density at radius 3 is 2.46 bits per heavy atom. The average molecular weight is 682 g/mol. The van der Waals surface area contributed by atoms with Gasteiger partial charge >= 0.3 is 6.18 Å². The van der Waals surface area contributed by atoms with Crippen molar-refractivity contribution >= 4 is 29.1 Å². The van der Waals surface area contributed by atoms with Crippen LogP contribution >= 0.6 is 11.3 Å². The predicted molar refractivity (Wildman–Crippen MR) is 177 cm³/mol. The molecule has 1 aliphatic heterocycles. The van der Waals surface area contributed by atoms with Gasteiger partial charge in [0.15, 0.2) is 0 Å². The first-order valence-corrected chi connectivity index (χ1v) is 16.4. The molecule has 1 fully saturated rings. The zero-order valence-corrected chi connectivity index (χ0v) is 27.8. The quantitative estimate of drug-likeness (QED) is 0.195. The molecule has 3 heterocycles. The maximum absolute atomic E-state index is 13.8. The average Bonchev–Trinajstić information content (AvgIpc) is 3.73. The number of amides is 2. The number of nitrogens with one attached hydrogen (secondary N) is 2. The van der Waals surface area contributed by atoms with Crippen molar-refractivity contribution in [1.29, 1.82) is 0 Å². The number of aliphatic hydroxyl groups excluding tert-OH is 1. The molecule has 2 aromatic carbocycles. The van der Waals surface area contributed by atoms with Crippen molar-refractivity contribution in [3.63, 3.8) is 0 Å². The van der Waals surface area contributed by atoms with Crippen LogP contribution in [0.25, 0.3) is 0 Å². The van der Waals surface area contributed by atoms with Gasteiger partial charge in [-0.25, -0.2) is 15.0 Å². The molecule has 0 saturated carbocycles. The second-order valence-corrected chi connectivity index (χ2v) is 12.9. The van der Waals surface area contributed by atoms with Gasteiger partial charge in [-0.3, -0.25) is 9.59 Å². The molecule has 0 bridgehead atoms. The van der Waals surface area contributed by atoms with E-state index in [1.807, 2.05) is 18.4 Å². The smallest absolute Gasteiger partial charge is 0.389 e. The molecule has 0 radical (unpaired) electrons. The molecular formula is C34H38F3N7O3S. The van der Waals surface area contributed by atoms with Crippen LogP contribution in [0.2, 0.25) is 0 Å². The van der Waals surface area contributed by atoms with E-state index in [0.29, 0.717) is 17.7 Å². The fourth-order valence-electron chi connectivity index (χ4n) is 5.64. The predicted octanol–water partition coefficient (Wildman–Crippen LogP) is 5.31. The molecule has 254 valence electrons. The highest BCUT2D eigenvalue weighted by Gasteiger charge is 2.35. The molecule has 1 saturated heterocycles.